The third-order valence-electron chi connectivity index (χ3n) is 1.02. The number of unbranched alkanes of at least 4 members (excludes halogenated alkanes) is 1. The Morgan fingerprint density at radius 1 is 1.40 bits per heavy atom. The van der Waals surface area contributed by atoms with Gasteiger partial charge in [-0.2, -0.15) is 5.10 Å². The van der Waals surface area contributed by atoms with Crippen LogP contribution in [0.5, 0.6) is 0 Å². The van der Waals surface area contributed by atoms with Gasteiger partial charge >= 0.3 is 0 Å². The van der Waals surface area contributed by atoms with Gasteiger partial charge in [0.1, 0.15) is 0 Å². The van der Waals surface area contributed by atoms with Crippen molar-refractivity contribution < 1.29 is 0 Å². The van der Waals surface area contributed by atoms with Crippen LogP contribution in [0.25, 0.3) is 0 Å². The lowest BCUT2D eigenvalue weighted by Gasteiger charge is -1.86. The van der Waals surface area contributed by atoms with E-state index in [4.69, 9.17) is 0 Å². The molecule has 0 aliphatic heterocycles. The van der Waals surface area contributed by atoms with Gasteiger partial charge in [-0.3, -0.25) is 4.99 Å². The van der Waals surface area contributed by atoms with Crippen LogP contribution in [0.2, 0.25) is 0 Å². The van der Waals surface area contributed by atoms with Crippen molar-refractivity contribution in [1.29, 1.82) is 0 Å². The van der Waals surface area contributed by atoms with Crippen LogP contribution in [-0.4, -0.2) is 26.0 Å². The maximum atomic E-state index is 4.08. The molecule has 0 heterocycles. The first kappa shape index (κ1) is 9.14. The molecule has 0 bridgehead atoms. The summed E-state index contributed by atoms with van der Waals surface area (Å²) in [6.07, 6.45) is 5.71. The Kier molecular flexibility index (Phi) is 7.44. The Labute approximate surface area is 62.2 Å². The Bertz CT molecular complexity index is 107. The van der Waals surface area contributed by atoms with Gasteiger partial charge in [0, 0.05) is 19.8 Å². The van der Waals surface area contributed by atoms with E-state index in [1.54, 1.807) is 19.5 Å². The molecule has 0 amide bonds. The van der Waals surface area contributed by atoms with Crippen molar-refractivity contribution >= 4 is 12.4 Å². The Balaban J connectivity index is 3.11. The number of hydrazone groups is 1. The standard InChI is InChI=1S/C7H15N3/c1-3-4-5-9-6-7-10-8-2/h6-8H,3-5H2,1-2H3/b9-6?,10-7-. The minimum Gasteiger partial charge on any atom is -0.313 e. The van der Waals surface area contributed by atoms with Gasteiger partial charge < -0.3 is 5.43 Å². The van der Waals surface area contributed by atoms with E-state index >= 15 is 0 Å². The lowest BCUT2D eigenvalue weighted by Crippen LogP contribution is -1.94. The van der Waals surface area contributed by atoms with Crippen molar-refractivity contribution in [2.45, 2.75) is 19.8 Å². The van der Waals surface area contributed by atoms with Crippen molar-refractivity contribution in [3.63, 3.8) is 0 Å². The quantitative estimate of drug-likeness (QED) is 0.347. The zero-order valence-electron chi connectivity index (χ0n) is 6.67. The van der Waals surface area contributed by atoms with Gasteiger partial charge in [-0.05, 0) is 6.42 Å². The summed E-state index contributed by atoms with van der Waals surface area (Å²) in [6, 6.07) is 0. The molecule has 0 saturated carbocycles. The van der Waals surface area contributed by atoms with E-state index in [0.29, 0.717) is 0 Å². The van der Waals surface area contributed by atoms with E-state index in [0.717, 1.165) is 13.0 Å². The smallest absolute Gasteiger partial charge is 0.0646 e. The second kappa shape index (κ2) is 8.14. The number of hydrogen-bond donors (Lipinski definition) is 1. The molecule has 0 aliphatic carbocycles. The van der Waals surface area contributed by atoms with Crippen LogP contribution in [0.3, 0.4) is 0 Å². The number of nitrogens with zero attached hydrogens (tertiary/aromatic N) is 2. The average Bonchev–Trinajstić information content (AvgIpc) is 1.97. The van der Waals surface area contributed by atoms with Crippen LogP contribution < -0.4 is 5.43 Å². The van der Waals surface area contributed by atoms with Crippen molar-refractivity contribution in [3.8, 4) is 0 Å². The topological polar surface area (TPSA) is 36.8 Å². The zero-order valence-corrected chi connectivity index (χ0v) is 6.67. The van der Waals surface area contributed by atoms with E-state index in [2.05, 4.69) is 22.4 Å². The van der Waals surface area contributed by atoms with Crippen molar-refractivity contribution in [3.05, 3.63) is 0 Å². The number of nitrogens with one attached hydrogen (secondary N) is 1. The van der Waals surface area contributed by atoms with E-state index < -0.39 is 0 Å². The lowest BCUT2D eigenvalue weighted by molar-refractivity contribution is 0.811. The number of hydrogen-bond acceptors (Lipinski definition) is 3. The van der Waals surface area contributed by atoms with E-state index in [-0.39, 0.29) is 0 Å². The molecule has 3 nitrogen and oxygen atoms in total. The summed E-state index contributed by atoms with van der Waals surface area (Å²) in [5.41, 5.74) is 2.64. The van der Waals surface area contributed by atoms with E-state index in [9.17, 15) is 0 Å². The summed E-state index contributed by atoms with van der Waals surface area (Å²) in [5.74, 6) is 0. The molecule has 1 N–H and O–H groups in total. The maximum Gasteiger partial charge on any atom is 0.0646 e. The van der Waals surface area contributed by atoms with Gasteiger partial charge in [0.15, 0.2) is 0 Å². The molecular formula is C7H15N3. The molecular weight excluding hydrogens is 126 g/mol. The third kappa shape index (κ3) is 7.14. The molecule has 3 heteroatoms. The lowest BCUT2D eigenvalue weighted by atomic mass is 10.3. The van der Waals surface area contributed by atoms with E-state index in [1.165, 1.54) is 6.42 Å². The van der Waals surface area contributed by atoms with Gasteiger partial charge in [0.2, 0.25) is 0 Å². The van der Waals surface area contributed by atoms with Crippen molar-refractivity contribution in [2.75, 3.05) is 13.6 Å². The average molecular weight is 141 g/mol. The molecule has 0 atom stereocenters. The zero-order chi connectivity index (χ0) is 7.66. The predicted molar refractivity (Wildman–Crippen MR) is 45.8 cm³/mol. The van der Waals surface area contributed by atoms with Crippen LogP contribution in [0.4, 0.5) is 0 Å². The summed E-state index contributed by atoms with van der Waals surface area (Å²) in [5, 5.41) is 3.75. The summed E-state index contributed by atoms with van der Waals surface area (Å²) >= 11 is 0. The first-order valence-corrected chi connectivity index (χ1v) is 3.60. The monoisotopic (exact) mass is 141 g/mol. The van der Waals surface area contributed by atoms with Gasteiger partial charge in [0.05, 0.1) is 6.21 Å². The fourth-order valence-corrected chi connectivity index (χ4v) is 0.479. The highest BCUT2D eigenvalue weighted by Gasteiger charge is 1.75. The van der Waals surface area contributed by atoms with E-state index in [1.807, 2.05) is 0 Å². The molecule has 0 fully saturated rings. The second-order valence-corrected chi connectivity index (χ2v) is 1.91. The fraction of sp³-hybridized carbons (Fsp3) is 0.714. The molecule has 0 unspecified atom stereocenters. The molecule has 0 aromatic heterocycles. The van der Waals surface area contributed by atoms with Crippen LogP contribution >= 0.6 is 0 Å². The van der Waals surface area contributed by atoms with Gasteiger partial charge in [-0.25, -0.2) is 0 Å². The Morgan fingerprint density at radius 3 is 2.80 bits per heavy atom. The number of aliphatic imine (C=N–C) groups is 1. The summed E-state index contributed by atoms with van der Waals surface area (Å²) < 4.78 is 0. The first-order chi connectivity index (χ1) is 4.91. The van der Waals surface area contributed by atoms with Crippen LogP contribution in [0.15, 0.2) is 10.1 Å². The normalized spacial score (nSPS) is 11.4. The largest absolute Gasteiger partial charge is 0.313 e. The Hall–Kier alpha value is -0.860. The summed E-state index contributed by atoms with van der Waals surface area (Å²) in [6.45, 7) is 3.06. The summed E-state index contributed by atoms with van der Waals surface area (Å²) in [4.78, 5) is 4.08. The molecule has 10 heavy (non-hydrogen) atoms. The molecule has 0 aromatic rings. The minimum atomic E-state index is 0.909. The molecule has 0 aromatic carbocycles. The molecule has 0 spiro atoms. The highest BCUT2D eigenvalue weighted by Crippen LogP contribution is 1.84. The SMILES string of the molecule is CCCCN=C/C=N\NC. The van der Waals surface area contributed by atoms with Crippen LogP contribution in [0, 0.1) is 0 Å². The summed E-state index contributed by atoms with van der Waals surface area (Å²) in [7, 11) is 1.76. The molecule has 58 valence electrons. The highest BCUT2D eigenvalue weighted by atomic mass is 15.3. The molecule has 0 radical (unpaired) electrons. The van der Waals surface area contributed by atoms with Crippen LogP contribution in [-0.2, 0) is 0 Å². The molecule has 0 aliphatic rings. The van der Waals surface area contributed by atoms with Gasteiger partial charge in [0.25, 0.3) is 0 Å². The van der Waals surface area contributed by atoms with Crippen LogP contribution in [0.1, 0.15) is 19.8 Å². The Morgan fingerprint density at radius 2 is 2.20 bits per heavy atom. The predicted octanol–water partition coefficient (Wildman–Crippen LogP) is 1.06. The fourth-order valence-electron chi connectivity index (χ4n) is 0.479. The first-order valence-electron chi connectivity index (χ1n) is 3.60. The molecule has 0 rings (SSSR count). The third-order valence-corrected chi connectivity index (χ3v) is 1.02. The van der Waals surface area contributed by atoms with Gasteiger partial charge in [-0.15, -0.1) is 0 Å². The van der Waals surface area contributed by atoms with Crippen molar-refractivity contribution in [2.24, 2.45) is 10.1 Å². The second-order valence-electron chi connectivity index (χ2n) is 1.91. The highest BCUT2D eigenvalue weighted by molar-refractivity contribution is 6.15. The van der Waals surface area contributed by atoms with Crippen molar-refractivity contribution in [1.82, 2.24) is 5.43 Å². The van der Waals surface area contributed by atoms with Gasteiger partial charge in [-0.1, -0.05) is 13.3 Å². The number of rotatable bonds is 5. The molecule has 0 saturated heterocycles. The minimum absolute atomic E-state index is 0.909. The maximum absolute atomic E-state index is 4.08.